The Morgan fingerprint density at radius 2 is 1.73 bits per heavy atom. The number of carbonyl (C=O) groups excluding carboxylic acids is 2. The fraction of sp³-hybridized carbons (Fsp3) is 0.0714. The second kappa shape index (κ2) is 6.13. The number of benzene rings is 1. The molecule has 3 N–H and O–H groups in total. The lowest BCUT2D eigenvalue weighted by molar-refractivity contribution is -0.274. The first-order valence-corrected chi connectivity index (χ1v) is 8.24. The summed E-state index contributed by atoms with van der Waals surface area (Å²) in [5, 5.41) is 1.96. The number of anilines is 1. The number of pyridine rings is 1. The monoisotopic (exact) mass is 495 g/mol. The number of hydrogen-bond donors (Lipinski definition) is 2. The Balaban J connectivity index is 2.36. The quantitative estimate of drug-likeness (QED) is 0.622. The van der Waals surface area contributed by atoms with Gasteiger partial charge in [-0.3, -0.25) is 24.3 Å². The molecule has 1 aliphatic rings. The van der Waals surface area contributed by atoms with Crippen LogP contribution in [0.25, 0.3) is 5.69 Å². The summed E-state index contributed by atoms with van der Waals surface area (Å²) in [6.45, 7) is 0. The normalized spacial score (nSPS) is 13.6. The standard InChI is InChI=1S/C14H6Br2F3N3O4/c15-4-1-6(16)10(7(2-4)26-14(17,18)19)22-8(23)3-5-9(11(22)20)13(25)21-12(5)24/h1-3H,20H2,(H,21,24,25). The molecule has 7 nitrogen and oxygen atoms in total. The van der Waals surface area contributed by atoms with Gasteiger partial charge in [0, 0.05) is 15.0 Å². The fourth-order valence-corrected chi connectivity index (χ4v) is 3.84. The van der Waals surface area contributed by atoms with Gasteiger partial charge in [-0.25, -0.2) is 0 Å². The summed E-state index contributed by atoms with van der Waals surface area (Å²) in [6, 6.07) is 3.17. The minimum absolute atomic E-state index is 0.0320. The van der Waals surface area contributed by atoms with Gasteiger partial charge in [0.05, 0.1) is 11.1 Å². The molecular weight excluding hydrogens is 491 g/mol. The van der Waals surface area contributed by atoms with E-state index in [-0.39, 0.29) is 25.8 Å². The molecule has 1 aromatic heterocycles. The molecule has 0 saturated carbocycles. The van der Waals surface area contributed by atoms with Crippen LogP contribution in [0.4, 0.5) is 19.0 Å². The van der Waals surface area contributed by atoms with Crippen LogP contribution in [0.3, 0.4) is 0 Å². The number of imide groups is 1. The van der Waals surface area contributed by atoms with E-state index in [1.165, 1.54) is 6.07 Å². The number of hydrogen-bond acceptors (Lipinski definition) is 5. The van der Waals surface area contributed by atoms with Crippen molar-refractivity contribution in [2.24, 2.45) is 0 Å². The summed E-state index contributed by atoms with van der Waals surface area (Å²) in [5.41, 5.74) is 4.00. The Morgan fingerprint density at radius 3 is 2.35 bits per heavy atom. The molecule has 3 rings (SSSR count). The third-order valence-electron chi connectivity index (χ3n) is 3.40. The first-order chi connectivity index (χ1) is 12.0. The molecule has 0 aliphatic carbocycles. The highest BCUT2D eigenvalue weighted by molar-refractivity contribution is 9.11. The summed E-state index contributed by atoms with van der Waals surface area (Å²) in [7, 11) is 0. The van der Waals surface area contributed by atoms with Crippen LogP contribution in [0, 0.1) is 0 Å². The third-order valence-corrected chi connectivity index (χ3v) is 4.46. The lowest BCUT2D eigenvalue weighted by Gasteiger charge is -2.19. The van der Waals surface area contributed by atoms with Crippen LogP contribution >= 0.6 is 31.9 Å². The second-order valence-electron chi connectivity index (χ2n) is 5.06. The van der Waals surface area contributed by atoms with Crippen LogP contribution in [-0.4, -0.2) is 22.7 Å². The van der Waals surface area contributed by atoms with E-state index < -0.39 is 35.3 Å². The largest absolute Gasteiger partial charge is 0.573 e. The maximum Gasteiger partial charge on any atom is 0.573 e. The number of carbonyl (C=O) groups is 2. The van der Waals surface area contributed by atoms with E-state index in [2.05, 4.69) is 36.6 Å². The van der Waals surface area contributed by atoms with Crippen LogP contribution in [0.2, 0.25) is 0 Å². The second-order valence-corrected chi connectivity index (χ2v) is 6.83. The average molecular weight is 497 g/mol. The van der Waals surface area contributed by atoms with Gasteiger partial charge in [-0.2, -0.15) is 0 Å². The van der Waals surface area contributed by atoms with Crippen molar-refractivity contribution >= 4 is 49.5 Å². The molecule has 0 bridgehead atoms. The lowest BCUT2D eigenvalue weighted by atomic mass is 10.1. The van der Waals surface area contributed by atoms with Crippen LogP contribution in [-0.2, 0) is 0 Å². The minimum Gasteiger partial charge on any atom is -0.403 e. The summed E-state index contributed by atoms with van der Waals surface area (Å²) >= 11 is 6.08. The predicted octanol–water partition coefficient (Wildman–Crippen LogP) is 2.73. The van der Waals surface area contributed by atoms with Gasteiger partial charge in [0.25, 0.3) is 17.4 Å². The first kappa shape index (κ1) is 18.5. The number of alkyl halides is 3. The van der Waals surface area contributed by atoms with Gasteiger partial charge in [0.2, 0.25) is 0 Å². The Labute approximate surface area is 159 Å². The van der Waals surface area contributed by atoms with Crippen molar-refractivity contribution in [3.63, 3.8) is 0 Å². The van der Waals surface area contributed by atoms with Gasteiger partial charge >= 0.3 is 6.36 Å². The SMILES string of the molecule is Nc1c2c(cc(=O)n1-c1c(Br)cc(Br)cc1OC(F)(F)F)C(=O)NC2=O. The molecule has 2 heterocycles. The van der Waals surface area contributed by atoms with Gasteiger partial charge < -0.3 is 10.5 Å². The van der Waals surface area contributed by atoms with Crippen molar-refractivity contribution in [2.45, 2.75) is 6.36 Å². The Kier molecular flexibility index (Phi) is 4.35. The summed E-state index contributed by atoms with van der Waals surface area (Å²) in [6.07, 6.45) is -5.04. The average Bonchev–Trinajstić information content (AvgIpc) is 2.74. The van der Waals surface area contributed by atoms with E-state index in [1.807, 2.05) is 5.32 Å². The van der Waals surface area contributed by atoms with Gasteiger partial charge in [-0.15, -0.1) is 13.2 Å². The molecular formula is C14H6Br2F3N3O4. The molecule has 0 saturated heterocycles. The van der Waals surface area contributed by atoms with Crippen LogP contribution in [0.15, 0.2) is 31.9 Å². The van der Waals surface area contributed by atoms with Gasteiger partial charge in [0.15, 0.2) is 5.75 Å². The molecule has 2 aromatic rings. The van der Waals surface area contributed by atoms with E-state index in [0.717, 1.165) is 12.1 Å². The highest BCUT2D eigenvalue weighted by Gasteiger charge is 2.35. The van der Waals surface area contributed by atoms with E-state index >= 15 is 0 Å². The smallest absolute Gasteiger partial charge is 0.403 e. The number of nitrogens with zero attached hydrogens (tertiary/aromatic N) is 1. The Hall–Kier alpha value is -2.34. The third kappa shape index (κ3) is 3.09. The molecule has 0 atom stereocenters. The van der Waals surface area contributed by atoms with Crippen LogP contribution in [0.1, 0.15) is 20.7 Å². The molecule has 12 heteroatoms. The van der Waals surface area contributed by atoms with Crippen LogP contribution in [0.5, 0.6) is 5.75 Å². The summed E-state index contributed by atoms with van der Waals surface area (Å²) in [4.78, 5) is 36.0. The van der Waals surface area contributed by atoms with Crippen molar-refractivity contribution in [3.05, 3.63) is 48.6 Å². The van der Waals surface area contributed by atoms with Crippen molar-refractivity contribution in [3.8, 4) is 11.4 Å². The number of aromatic nitrogens is 1. The number of nitrogen functional groups attached to an aromatic ring is 1. The number of nitrogens with two attached hydrogens (primary N) is 1. The van der Waals surface area contributed by atoms with E-state index in [0.29, 0.717) is 4.57 Å². The number of fused-ring (bicyclic) bond motifs is 1. The van der Waals surface area contributed by atoms with Gasteiger partial charge in [-0.05, 0) is 28.1 Å². The number of ether oxygens (including phenoxy) is 1. The predicted molar refractivity (Wildman–Crippen MR) is 90.3 cm³/mol. The topological polar surface area (TPSA) is 103 Å². The zero-order chi connectivity index (χ0) is 19.4. The highest BCUT2D eigenvalue weighted by Crippen LogP contribution is 2.38. The maximum atomic E-state index is 12.8. The van der Waals surface area contributed by atoms with Crippen LogP contribution < -0.4 is 21.3 Å². The molecule has 1 aliphatic heterocycles. The van der Waals surface area contributed by atoms with E-state index in [4.69, 9.17) is 5.73 Å². The number of amides is 2. The maximum absolute atomic E-state index is 12.8. The molecule has 2 amide bonds. The molecule has 0 radical (unpaired) electrons. The van der Waals surface area contributed by atoms with Crippen molar-refractivity contribution < 1.29 is 27.5 Å². The zero-order valence-corrected chi connectivity index (χ0v) is 15.5. The number of nitrogens with one attached hydrogen (secondary N) is 1. The Morgan fingerprint density at radius 1 is 1.08 bits per heavy atom. The molecule has 136 valence electrons. The van der Waals surface area contributed by atoms with E-state index in [9.17, 15) is 27.6 Å². The van der Waals surface area contributed by atoms with E-state index in [1.54, 1.807) is 0 Å². The van der Waals surface area contributed by atoms with Gasteiger partial charge in [-0.1, -0.05) is 15.9 Å². The fourth-order valence-electron chi connectivity index (χ4n) is 2.47. The summed E-state index contributed by atoms with van der Waals surface area (Å²) in [5.74, 6) is -2.91. The molecule has 1 aromatic carbocycles. The molecule has 0 spiro atoms. The van der Waals surface area contributed by atoms with Crippen molar-refractivity contribution in [2.75, 3.05) is 5.73 Å². The first-order valence-electron chi connectivity index (χ1n) is 6.66. The zero-order valence-electron chi connectivity index (χ0n) is 12.3. The molecule has 0 unspecified atom stereocenters. The highest BCUT2D eigenvalue weighted by atomic mass is 79.9. The minimum atomic E-state index is -5.04. The summed E-state index contributed by atoms with van der Waals surface area (Å²) < 4.78 is 43.2. The number of halogens is 5. The number of rotatable bonds is 2. The van der Waals surface area contributed by atoms with Crippen molar-refractivity contribution in [1.29, 1.82) is 0 Å². The Bertz CT molecular complexity index is 1030. The van der Waals surface area contributed by atoms with Gasteiger partial charge in [0.1, 0.15) is 11.5 Å². The molecule has 26 heavy (non-hydrogen) atoms. The van der Waals surface area contributed by atoms with Crippen molar-refractivity contribution in [1.82, 2.24) is 9.88 Å². The molecule has 0 fully saturated rings. The lowest BCUT2D eigenvalue weighted by Crippen LogP contribution is -2.26.